The van der Waals surface area contributed by atoms with Gasteiger partial charge in [0, 0.05) is 17.0 Å². The van der Waals surface area contributed by atoms with Gasteiger partial charge in [-0.25, -0.2) is 26.5 Å². The van der Waals surface area contributed by atoms with Gasteiger partial charge in [0.15, 0.2) is 15.0 Å². The maximum Gasteiger partial charge on any atom is 0.257 e. The zero-order valence-corrected chi connectivity index (χ0v) is 18.7. The van der Waals surface area contributed by atoms with Crippen LogP contribution in [0.15, 0.2) is 52.1 Å². The van der Waals surface area contributed by atoms with E-state index in [1.165, 1.54) is 35.6 Å². The standard InChI is InChI=1S/C18H17N3O5S4/c22-17(20-18-19-15(10-28-18)16-2-1-8-27-16)12-3-5-14(6-4-12)30(25,26)21-13-7-9-29(23,24)11-13/h1-6,8,10,13,21H,7,9,11H2,(H,19,20,22). The van der Waals surface area contributed by atoms with Crippen molar-refractivity contribution < 1.29 is 21.6 Å². The summed E-state index contributed by atoms with van der Waals surface area (Å²) in [6, 6.07) is 8.68. The quantitative estimate of drug-likeness (QED) is 0.556. The summed E-state index contributed by atoms with van der Waals surface area (Å²) in [5, 5.41) is 6.96. The summed E-state index contributed by atoms with van der Waals surface area (Å²) in [5.41, 5.74) is 1.07. The van der Waals surface area contributed by atoms with E-state index in [0.717, 1.165) is 10.6 Å². The Morgan fingerprint density at radius 1 is 1.13 bits per heavy atom. The lowest BCUT2D eigenvalue weighted by Gasteiger charge is -2.12. The molecule has 1 aromatic carbocycles. The first-order valence-corrected chi connectivity index (χ1v) is 13.9. The number of carbonyl (C=O) groups excluding carboxylic acids is 1. The number of hydrogen-bond donors (Lipinski definition) is 2. The van der Waals surface area contributed by atoms with Gasteiger partial charge in [0.25, 0.3) is 5.91 Å². The highest BCUT2D eigenvalue weighted by Crippen LogP contribution is 2.28. The van der Waals surface area contributed by atoms with Crippen molar-refractivity contribution in [3.63, 3.8) is 0 Å². The van der Waals surface area contributed by atoms with Crippen molar-refractivity contribution >= 4 is 53.6 Å². The molecule has 1 aliphatic heterocycles. The van der Waals surface area contributed by atoms with Gasteiger partial charge in [-0.15, -0.1) is 22.7 Å². The number of sulfone groups is 1. The van der Waals surface area contributed by atoms with E-state index in [1.807, 2.05) is 22.9 Å². The highest BCUT2D eigenvalue weighted by Gasteiger charge is 2.31. The summed E-state index contributed by atoms with van der Waals surface area (Å²) in [5.74, 6) is -0.626. The first-order chi connectivity index (χ1) is 14.2. The minimum atomic E-state index is -3.87. The lowest BCUT2D eigenvalue weighted by molar-refractivity contribution is 0.102. The van der Waals surface area contributed by atoms with Crippen LogP contribution in [-0.4, -0.2) is 45.3 Å². The molecule has 1 unspecified atom stereocenters. The lowest BCUT2D eigenvalue weighted by Crippen LogP contribution is -2.35. The fourth-order valence-electron chi connectivity index (χ4n) is 3.00. The number of anilines is 1. The van der Waals surface area contributed by atoms with Gasteiger partial charge in [-0.3, -0.25) is 10.1 Å². The molecule has 8 nitrogen and oxygen atoms in total. The van der Waals surface area contributed by atoms with Crippen molar-refractivity contribution in [1.82, 2.24) is 9.71 Å². The van der Waals surface area contributed by atoms with Crippen molar-refractivity contribution in [1.29, 1.82) is 0 Å². The van der Waals surface area contributed by atoms with Crippen molar-refractivity contribution in [3.05, 3.63) is 52.7 Å². The SMILES string of the molecule is O=C(Nc1nc(-c2cccs2)cs1)c1ccc(S(=O)(=O)NC2CCS(=O)(=O)C2)cc1. The van der Waals surface area contributed by atoms with E-state index in [1.54, 1.807) is 11.3 Å². The smallest absolute Gasteiger partial charge is 0.257 e. The fourth-order valence-corrected chi connectivity index (χ4v) is 7.51. The highest BCUT2D eigenvalue weighted by atomic mass is 32.2. The molecule has 1 fully saturated rings. The molecule has 30 heavy (non-hydrogen) atoms. The van der Waals surface area contributed by atoms with Crippen molar-refractivity contribution in [2.45, 2.75) is 17.4 Å². The highest BCUT2D eigenvalue weighted by molar-refractivity contribution is 7.92. The van der Waals surface area contributed by atoms with E-state index in [4.69, 9.17) is 0 Å². The van der Waals surface area contributed by atoms with E-state index in [2.05, 4.69) is 15.0 Å². The van der Waals surface area contributed by atoms with Crippen LogP contribution in [0.1, 0.15) is 16.8 Å². The molecule has 1 amide bonds. The Hall–Kier alpha value is -2.12. The van der Waals surface area contributed by atoms with Crippen molar-refractivity contribution in [3.8, 4) is 10.6 Å². The maximum atomic E-state index is 12.5. The minimum Gasteiger partial charge on any atom is -0.298 e. The van der Waals surface area contributed by atoms with Gasteiger partial charge in [0.2, 0.25) is 10.0 Å². The third-order valence-corrected chi connectivity index (χ3v) is 9.43. The second-order valence-electron chi connectivity index (χ2n) is 6.71. The van der Waals surface area contributed by atoms with Crippen LogP contribution in [0, 0.1) is 0 Å². The number of nitrogens with one attached hydrogen (secondary N) is 2. The molecule has 3 aromatic rings. The lowest BCUT2D eigenvalue weighted by atomic mass is 10.2. The number of amides is 1. The predicted molar refractivity (Wildman–Crippen MR) is 117 cm³/mol. The molecule has 0 saturated carbocycles. The number of benzene rings is 1. The number of rotatable bonds is 6. The van der Waals surface area contributed by atoms with Crippen LogP contribution < -0.4 is 10.0 Å². The molecule has 2 aromatic heterocycles. The number of nitrogens with zero attached hydrogens (tertiary/aromatic N) is 1. The van der Waals surface area contributed by atoms with Crippen molar-refractivity contribution in [2.24, 2.45) is 0 Å². The molecule has 1 aliphatic rings. The Kier molecular flexibility index (Phi) is 5.77. The molecule has 1 atom stereocenters. The largest absolute Gasteiger partial charge is 0.298 e. The monoisotopic (exact) mass is 483 g/mol. The Morgan fingerprint density at radius 3 is 2.53 bits per heavy atom. The molecule has 0 radical (unpaired) electrons. The van der Waals surface area contributed by atoms with Crippen LogP contribution in [0.4, 0.5) is 5.13 Å². The number of carbonyl (C=O) groups is 1. The average Bonchev–Trinajstić information content (AvgIpc) is 3.43. The van der Waals surface area contributed by atoms with Gasteiger partial charge in [0.1, 0.15) is 0 Å². The fraction of sp³-hybridized carbons (Fsp3) is 0.222. The Balaban J connectivity index is 1.42. The summed E-state index contributed by atoms with van der Waals surface area (Å²) < 4.78 is 50.4. The van der Waals surface area contributed by atoms with E-state index >= 15 is 0 Å². The summed E-state index contributed by atoms with van der Waals surface area (Å²) in [6.07, 6.45) is 0.253. The molecule has 158 valence electrons. The van der Waals surface area contributed by atoms with Gasteiger partial charge < -0.3 is 0 Å². The first kappa shape index (κ1) is 21.1. The van der Waals surface area contributed by atoms with E-state index in [0.29, 0.717) is 5.13 Å². The Labute approximate surface area is 182 Å². The van der Waals surface area contributed by atoms with Crippen LogP contribution in [0.2, 0.25) is 0 Å². The number of aromatic nitrogens is 1. The second-order valence-corrected chi connectivity index (χ2v) is 12.5. The van der Waals surface area contributed by atoms with E-state index in [9.17, 15) is 21.6 Å². The van der Waals surface area contributed by atoms with Gasteiger partial charge in [-0.1, -0.05) is 6.07 Å². The van der Waals surface area contributed by atoms with Gasteiger partial charge >= 0.3 is 0 Å². The van der Waals surface area contributed by atoms with Crippen LogP contribution in [-0.2, 0) is 19.9 Å². The molecular formula is C18H17N3O5S4. The van der Waals surface area contributed by atoms with Gasteiger partial charge in [0.05, 0.1) is 27.0 Å². The normalized spacial score (nSPS) is 18.3. The third-order valence-electron chi connectivity index (χ3n) is 4.48. The average molecular weight is 484 g/mol. The van der Waals surface area contributed by atoms with E-state index < -0.39 is 31.8 Å². The molecule has 4 rings (SSSR count). The number of hydrogen-bond acceptors (Lipinski definition) is 8. The molecule has 3 heterocycles. The molecular weight excluding hydrogens is 466 g/mol. The minimum absolute atomic E-state index is 0.0236. The molecule has 0 bridgehead atoms. The van der Waals surface area contributed by atoms with Gasteiger partial charge in [-0.05, 0) is 42.1 Å². The predicted octanol–water partition coefficient (Wildman–Crippen LogP) is 2.59. The summed E-state index contributed by atoms with van der Waals surface area (Å²) in [7, 11) is -7.07. The van der Waals surface area contributed by atoms with E-state index in [-0.39, 0.29) is 28.4 Å². The zero-order valence-electron chi connectivity index (χ0n) is 15.4. The molecule has 0 aliphatic carbocycles. The van der Waals surface area contributed by atoms with Crippen LogP contribution >= 0.6 is 22.7 Å². The third kappa shape index (κ3) is 4.78. The molecule has 1 saturated heterocycles. The zero-order chi connectivity index (χ0) is 21.4. The number of sulfonamides is 1. The van der Waals surface area contributed by atoms with Gasteiger partial charge in [-0.2, -0.15) is 0 Å². The first-order valence-electron chi connectivity index (χ1n) is 8.85. The molecule has 0 spiro atoms. The van der Waals surface area contributed by atoms with Crippen LogP contribution in [0.25, 0.3) is 10.6 Å². The molecule has 12 heteroatoms. The summed E-state index contributed by atoms with van der Waals surface area (Å²) in [4.78, 5) is 17.8. The number of thiophene rings is 1. The Morgan fingerprint density at radius 2 is 1.90 bits per heavy atom. The van der Waals surface area contributed by atoms with Crippen LogP contribution in [0.3, 0.4) is 0 Å². The second kappa shape index (κ2) is 8.19. The maximum absolute atomic E-state index is 12.5. The number of thiazole rings is 1. The van der Waals surface area contributed by atoms with Crippen LogP contribution in [0.5, 0.6) is 0 Å². The molecule has 2 N–H and O–H groups in total. The summed E-state index contributed by atoms with van der Waals surface area (Å²) in [6.45, 7) is 0. The topological polar surface area (TPSA) is 122 Å². The van der Waals surface area contributed by atoms with Crippen molar-refractivity contribution in [2.75, 3.05) is 16.8 Å². The Bertz CT molecular complexity index is 1260. The summed E-state index contributed by atoms with van der Waals surface area (Å²) >= 11 is 2.86.